The van der Waals surface area contributed by atoms with Crippen LogP contribution in [0.4, 0.5) is 8.78 Å². The molecular weight excluding hydrogens is 456 g/mol. The van der Waals surface area contributed by atoms with Crippen LogP contribution in [-0.4, -0.2) is 29.7 Å². The van der Waals surface area contributed by atoms with Gasteiger partial charge in [0, 0.05) is 21.5 Å². The topological polar surface area (TPSA) is 68.8 Å². The first-order valence-electron chi connectivity index (χ1n) is 9.50. The van der Waals surface area contributed by atoms with E-state index < -0.39 is 23.3 Å². The number of rotatable bonds is 6. The minimum Gasteiger partial charge on any atom is -0.381 e. The Kier molecular flexibility index (Phi) is 5.42. The average molecular weight is 476 g/mol. The molecule has 2 atom stereocenters. The molecule has 30 heavy (non-hydrogen) atoms. The molecule has 0 bridgehead atoms. The van der Waals surface area contributed by atoms with Crippen LogP contribution < -0.4 is 0 Å². The number of benzene rings is 2. The summed E-state index contributed by atoms with van der Waals surface area (Å²) in [5.41, 5.74) is -0.142. The Hall–Kier alpha value is -2.65. The van der Waals surface area contributed by atoms with Crippen LogP contribution >= 0.6 is 15.9 Å². The van der Waals surface area contributed by atoms with E-state index in [1.165, 1.54) is 23.4 Å². The number of halogens is 3. The van der Waals surface area contributed by atoms with Crippen LogP contribution in [0.2, 0.25) is 0 Å². The Morgan fingerprint density at radius 1 is 1.20 bits per heavy atom. The van der Waals surface area contributed by atoms with E-state index in [9.17, 15) is 13.9 Å². The predicted octanol–water partition coefficient (Wildman–Crippen LogP) is 4.38. The van der Waals surface area contributed by atoms with E-state index in [2.05, 4.69) is 26.0 Å². The summed E-state index contributed by atoms with van der Waals surface area (Å²) in [7, 11) is 0. The highest BCUT2D eigenvalue weighted by Gasteiger charge is 2.41. The largest absolute Gasteiger partial charge is 0.381 e. The van der Waals surface area contributed by atoms with Crippen molar-refractivity contribution in [2.45, 2.75) is 38.5 Å². The van der Waals surface area contributed by atoms with E-state index in [0.29, 0.717) is 6.42 Å². The standard InChI is InChI=1S/C21H20BrF2N5O/c1-3-19-16-8-14(22)4-7-20(16)29(27-19)13(2)21(30,10-28-12-25-11-26-28)17-6-5-15(23)9-18(17)24/h4-9,11-13,30H,3,10H2,1-2H3/t13-,21-/m1/s1. The third-order valence-corrected chi connectivity index (χ3v) is 5.90. The number of nitrogens with zero attached hydrogens (tertiary/aromatic N) is 5. The molecule has 0 spiro atoms. The van der Waals surface area contributed by atoms with Crippen molar-refractivity contribution < 1.29 is 13.9 Å². The number of aromatic nitrogens is 5. The van der Waals surface area contributed by atoms with Crippen LogP contribution in [0.3, 0.4) is 0 Å². The van der Waals surface area contributed by atoms with Crippen molar-refractivity contribution in [1.82, 2.24) is 24.5 Å². The first kappa shape index (κ1) is 20.6. The number of hydrogen-bond acceptors (Lipinski definition) is 4. The third-order valence-electron chi connectivity index (χ3n) is 5.40. The molecule has 0 unspecified atom stereocenters. The summed E-state index contributed by atoms with van der Waals surface area (Å²) < 4.78 is 32.4. The van der Waals surface area contributed by atoms with Gasteiger partial charge >= 0.3 is 0 Å². The lowest BCUT2D eigenvalue weighted by Gasteiger charge is -2.35. The van der Waals surface area contributed by atoms with Gasteiger partial charge in [-0.2, -0.15) is 10.2 Å². The van der Waals surface area contributed by atoms with Gasteiger partial charge in [0.05, 0.1) is 23.8 Å². The van der Waals surface area contributed by atoms with Gasteiger partial charge in [0.25, 0.3) is 0 Å². The van der Waals surface area contributed by atoms with Crippen molar-refractivity contribution in [2.75, 3.05) is 0 Å². The Morgan fingerprint density at radius 3 is 2.67 bits per heavy atom. The van der Waals surface area contributed by atoms with Crippen molar-refractivity contribution >= 4 is 26.8 Å². The molecule has 9 heteroatoms. The van der Waals surface area contributed by atoms with E-state index in [4.69, 9.17) is 5.10 Å². The zero-order valence-electron chi connectivity index (χ0n) is 16.4. The SMILES string of the molecule is CCc1nn([C@H](C)[C@](O)(Cn2cncn2)c2ccc(F)cc2F)c2ccc(Br)cc12. The normalized spacial score (nSPS) is 14.7. The van der Waals surface area contributed by atoms with Crippen molar-refractivity contribution in [3.8, 4) is 0 Å². The fourth-order valence-electron chi connectivity index (χ4n) is 3.78. The molecule has 0 fully saturated rings. The number of aliphatic hydroxyl groups is 1. The summed E-state index contributed by atoms with van der Waals surface area (Å²) in [5.74, 6) is -1.55. The molecule has 0 amide bonds. The highest BCUT2D eigenvalue weighted by Crippen LogP contribution is 2.38. The maximum absolute atomic E-state index is 14.8. The van der Waals surface area contributed by atoms with Crippen molar-refractivity contribution in [3.05, 3.63) is 76.4 Å². The van der Waals surface area contributed by atoms with Gasteiger partial charge in [-0.05, 0) is 37.6 Å². The molecule has 4 aromatic rings. The summed E-state index contributed by atoms with van der Waals surface area (Å²) in [5, 5.41) is 21.5. The second kappa shape index (κ2) is 7.88. The van der Waals surface area contributed by atoms with Crippen LogP contribution in [-0.2, 0) is 18.6 Å². The molecule has 1 N–H and O–H groups in total. The van der Waals surface area contributed by atoms with Crippen molar-refractivity contribution in [1.29, 1.82) is 0 Å². The van der Waals surface area contributed by atoms with Gasteiger partial charge in [0.1, 0.15) is 29.9 Å². The fraction of sp³-hybridized carbons (Fsp3) is 0.286. The lowest BCUT2D eigenvalue weighted by molar-refractivity contribution is -0.0355. The van der Waals surface area contributed by atoms with E-state index in [0.717, 1.165) is 33.2 Å². The molecule has 0 aliphatic carbocycles. The van der Waals surface area contributed by atoms with E-state index in [1.807, 2.05) is 25.1 Å². The van der Waals surface area contributed by atoms with Crippen LogP contribution in [0.15, 0.2) is 53.5 Å². The molecule has 2 aromatic heterocycles. The molecular formula is C21H20BrF2N5O. The van der Waals surface area contributed by atoms with E-state index in [-0.39, 0.29) is 12.1 Å². The van der Waals surface area contributed by atoms with E-state index >= 15 is 0 Å². The predicted molar refractivity (Wildman–Crippen MR) is 112 cm³/mol. The van der Waals surface area contributed by atoms with Gasteiger partial charge < -0.3 is 5.11 Å². The fourth-order valence-corrected chi connectivity index (χ4v) is 4.14. The second-order valence-electron chi connectivity index (χ2n) is 7.22. The van der Waals surface area contributed by atoms with E-state index in [1.54, 1.807) is 11.6 Å². The molecule has 156 valence electrons. The van der Waals surface area contributed by atoms with Crippen LogP contribution in [0, 0.1) is 11.6 Å². The van der Waals surface area contributed by atoms with Crippen LogP contribution in [0.5, 0.6) is 0 Å². The number of aryl methyl sites for hydroxylation is 1. The Bertz CT molecular complexity index is 1190. The van der Waals surface area contributed by atoms with Crippen molar-refractivity contribution in [3.63, 3.8) is 0 Å². The van der Waals surface area contributed by atoms with Gasteiger partial charge in [-0.1, -0.05) is 28.9 Å². The maximum Gasteiger partial charge on any atom is 0.137 e. The maximum atomic E-state index is 14.8. The van der Waals surface area contributed by atoms with Crippen LogP contribution in [0.25, 0.3) is 10.9 Å². The van der Waals surface area contributed by atoms with Gasteiger partial charge in [0.15, 0.2) is 0 Å². The molecule has 0 radical (unpaired) electrons. The number of fused-ring (bicyclic) bond motifs is 1. The Balaban J connectivity index is 1.90. The Morgan fingerprint density at radius 2 is 2.00 bits per heavy atom. The Labute approximate surface area is 180 Å². The smallest absolute Gasteiger partial charge is 0.137 e. The monoisotopic (exact) mass is 475 g/mol. The molecule has 0 aliphatic heterocycles. The molecule has 0 saturated carbocycles. The van der Waals surface area contributed by atoms with Gasteiger partial charge in [-0.15, -0.1) is 0 Å². The highest BCUT2D eigenvalue weighted by atomic mass is 79.9. The number of hydrogen-bond donors (Lipinski definition) is 1. The summed E-state index contributed by atoms with van der Waals surface area (Å²) in [6.45, 7) is 3.67. The quantitative estimate of drug-likeness (QED) is 0.449. The molecule has 0 saturated heterocycles. The third kappa shape index (κ3) is 3.52. The first-order chi connectivity index (χ1) is 14.3. The molecule has 6 nitrogen and oxygen atoms in total. The van der Waals surface area contributed by atoms with Gasteiger partial charge in [-0.3, -0.25) is 4.68 Å². The molecule has 4 rings (SSSR count). The zero-order chi connectivity index (χ0) is 21.5. The summed E-state index contributed by atoms with van der Waals surface area (Å²) >= 11 is 3.48. The minimum atomic E-state index is -1.78. The summed E-state index contributed by atoms with van der Waals surface area (Å²) in [4.78, 5) is 3.91. The molecule has 2 heterocycles. The first-order valence-corrected chi connectivity index (χ1v) is 10.3. The zero-order valence-corrected chi connectivity index (χ0v) is 18.0. The lowest BCUT2D eigenvalue weighted by Crippen LogP contribution is -2.41. The lowest BCUT2D eigenvalue weighted by atomic mass is 9.86. The summed E-state index contributed by atoms with van der Waals surface area (Å²) in [6, 6.07) is 8.23. The minimum absolute atomic E-state index is 0.0364. The summed E-state index contributed by atoms with van der Waals surface area (Å²) in [6.07, 6.45) is 3.47. The average Bonchev–Trinajstić information content (AvgIpc) is 3.34. The van der Waals surface area contributed by atoms with Gasteiger partial charge in [0.2, 0.25) is 0 Å². The molecule has 2 aromatic carbocycles. The van der Waals surface area contributed by atoms with Crippen molar-refractivity contribution in [2.24, 2.45) is 0 Å². The highest BCUT2D eigenvalue weighted by molar-refractivity contribution is 9.10. The van der Waals surface area contributed by atoms with Crippen LogP contribution in [0.1, 0.15) is 31.1 Å². The van der Waals surface area contributed by atoms with Gasteiger partial charge in [-0.25, -0.2) is 18.4 Å². The molecule has 0 aliphatic rings. The second-order valence-corrected chi connectivity index (χ2v) is 8.14.